The molecule has 1 aromatic rings. The van der Waals surface area contributed by atoms with Gasteiger partial charge >= 0.3 is 6.09 Å². The molecule has 1 fully saturated rings. The van der Waals surface area contributed by atoms with Gasteiger partial charge in [-0.1, -0.05) is 30.3 Å². The molecule has 0 saturated heterocycles. The summed E-state index contributed by atoms with van der Waals surface area (Å²) in [6, 6.07) is 10.6. The molecule has 3 N–H and O–H groups in total. The second-order valence-corrected chi connectivity index (χ2v) is 7.70. The average Bonchev–Trinajstić information content (AvgIpc) is 3.37. The summed E-state index contributed by atoms with van der Waals surface area (Å²) in [6.45, 7) is 10.2. The molecule has 0 heterocycles. The van der Waals surface area contributed by atoms with Crippen molar-refractivity contribution in [1.82, 2.24) is 16.0 Å². The highest BCUT2D eigenvalue weighted by molar-refractivity contribution is 5.80. The van der Waals surface area contributed by atoms with Crippen molar-refractivity contribution >= 4 is 12.1 Å². The third-order valence-corrected chi connectivity index (χ3v) is 4.21. The minimum absolute atomic E-state index is 0.193. The fraction of sp³-hybridized carbons (Fsp3) is 0.600. The number of amides is 1. The first-order valence-corrected chi connectivity index (χ1v) is 9.39. The van der Waals surface area contributed by atoms with Crippen LogP contribution in [0.5, 0.6) is 0 Å². The van der Waals surface area contributed by atoms with Gasteiger partial charge in [0.25, 0.3) is 0 Å². The molecule has 0 atom stereocenters. The fourth-order valence-corrected chi connectivity index (χ4v) is 2.71. The summed E-state index contributed by atoms with van der Waals surface area (Å²) in [5.41, 5.74) is 1.08. The van der Waals surface area contributed by atoms with Crippen molar-refractivity contribution in [1.29, 1.82) is 0 Å². The van der Waals surface area contributed by atoms with Crippen molar-refractivity contribution < 1.29 is 9.53 Å². The molecule has 6 nitrogen and oxygen atoms in total. The summed E-state index contributed by atoms with van der Waals surface area (Å²) in [5.74, 6) is 0.778. The molecular weight excluding hydrogens is 328 g/mol. The van der Waals surface area contributed by atoms with Crippen LogP contribution in [0.25, 0.3) is 0 Å². The van der Waals surface area contributed by atoms with Gasteiger partial charge in [-0.15, -0.1) is 0 Å². The van der Waals surface area contributed by atoms with Gasteiger partial charge < -0.3 is 20.7 Å². The standard InChI is InChI=1S/C20H32N4O2/c1-5-21-17(22-13-14-23-18(25)26-19(2,3)4)24-15-20(11-12-20)16-9-7-6-8-10-16/h6-10H,5,11-15H2,1-4H3,(H,23,25)(H2,21,22,24). The maximum Gasteiger partial charge on any atom is 0.407 e. The zero-order valence-electron chi connectivity index (χ0n) is 16.4. The van der Waals surface area contributed by atoms with Crippen molar-refractivity contribution in [3.05, 3.63) is 35.9 Å². The van der Waals surface area contributed by atoms with Crippen molar-refractivity contribution in [3.8, 4) is 0 Å². The summed E-state index contributed by atoms with van der Waals surface area (Å²) < 4.78 is 5.22. The van der Waals surface area contributed by atoms with E-state index in [1.54, 1.807) is 0 Å². The van der Waals surface area contributed by atoms with Gasteiger partial charge in [-0.05, 0) is 46.1 Å². The van der Waals surface area contributed by atoms with E-state index < -0.39 is 11.7 Å². The van der Waals surface area contributed by atoms with Crippen molar-refractivity contribution in [3.63, 3.8) is 0 Å². The Morgan fingerprint density at radius 2 is 1.77 bits per heavy atom. The molecule has 1 aliphatic rings. The van der Waals surface area contributed by atoms with E-state index in [0.29, 0.717) is 13.1 Å². The summed E-state index contributed by atoms with van der Waals surface area (Å²) >= 11 is 0. The first-order valence-electron chi connectivity index (χ1n) is 9.39. The van der Waals surface area contributed by atoms with Gasteiger partial charge in [0.1, 0.15) is 5.60 Å². The normalized spacial score (nSPS) is 15.9. The number of hydrogen-bond acceptors (Lipinski definition) is 3. The molecule has 0 spiro atoms. The molecule has 6 heteroatoms. The van der Waals surface area contributed by atoms with Gasteiger partial charge in [0.15, 0.2) is 5.96 Å². The summed E-state index contributed by atoms with van der Waals surface area (Å²) in [5, 5.41) is 9.26. The number of aliphatic imine (C=N–C) groups is 1. The SMILES string of the molecule is CCNC(=NCC1(c2ccccc2)CC1)NCCNC(=O)OC(C)(C)C. The van der Waals surface area contributed by atoms with Crippen LogP contribution in [0.4, 0.5) is 4.79 Å². The van der Waals surface area contributed by atoms with Crippen LogP contribution in [-0.2, 0) is 10.2 Å². The first-order chi connectivity index (χ1) is 12.3. The molecule has 1 aliphatic carbocycles. The van der Waals surface area contributed by atoms with E-state index in [0.717, 1.165) is 19.0 Å². The van der Waals surface area contributed by atoms with Crippen molar-refractivity contribution in [2.24, 2.45) is 4.99 Å². The topological polar surface area (TPSA) is 74.8 Å². The second kappa shape index (κ2) is 8.92. The van der Waals surface area contributed by atoms with Gasteiger partial charge in [-0.25, -0.2) is 4.79 Å². The minimum Gasteiger partial charge on any atom is -0.444 e. The Labute approximate surface area is 156 Å². The number of nitrogens with one attached hydrogen (secondary N) is 3. The van der Waals surface area contributed by atoms with Crippen LogP contribution in [0, 0.1) is 0 Å². The van der Waals surface area contributed by atoms with Crippen LogP contribution in [0.1, 0.15) is 46.1 Å². The Balaban J connectivity index is 1.79. The molecule has 0 radical (unpaired) electrons. The predicted octanol–water partition coefficient (Wildman–Crippen LogP) is 2.80. The van der Waals surface area contributed by atoms with E-state index in [1.165, 1.54) is 18.4 Å². The fourth-order valence-electron chi connectivity index (χ4n) is 2.71. The molecule has 1 aromatic carbocycles. The Morgan fingerprint density at radius 3 is 2.35 bits per heavy atom. The van der Waals surface area contributed by atoms with Gasteiger partial charge in [0, 0.05) is 25.0 Å². The molecule has 0 unspecified atom stereocenters. The number of alkyl carbamates (subject to hydrolysis) is 1. The monoisotopic (exact) mass is 360 g/mol. The molecule has 2 rings (SSSR count). The van der Waals surface area contributed by atoms with Gasteiger partial charge in [0.05, 0.1) is 6.54 Å². The lowest BCUT2D eigenvalue weighted by Crippen LogP contribution is -2.42. The summed E-state index contributed by atoms with van der Waals surface area (Å²) in [7, 11) is 0. The van der Waals surface area contributed by atoms with Crippen molar-refractivity contribution in [2.45, 2.75) is 51.6 Å². The second-order valence-electron chi connectivity index (χ2n) is 7.70. The van der Waals surface area contributed by atoms with Crippen LogP contribution >= 0.6 is 0 Å². The molecule has 1 saturated carbocycles. The predicted molar refractivity (Wildman–Crippen MR) is 106 cm³/mol. The molecule has 26 heavy (non-hydrogen) atoms. The van der Waals surface area contributed by atoms with Crippen LogP contribution < -0.4 is 16.0 Å². The lowest BCUT2D eigenvalue weighted by atomic mass is 9.96. The van der Waals surface area contributed by atoms with Gasteiger partial charge in [-0.3, -0.25) is 4.99 Å². The maximum atomic E-state index is 11.6. The number of guanidine groups is 1. The maximum absolute atomic E-state index is 11.6. The molecule has 0 bridgehead atoms. The van der Waals surface area contributed by atoms with Crippen LogP contribution in [0.2, 0.25) is 0 Å². The highest BCUT2D eigenvalue weighted by atomic mass is 16.6. The number of benzene rings is 1. The zero-order chi connectivity index (χ0) is 19.0. The number of nitrogens with zero attached hydrogens (tertiary/aromatic N) is 1. The largest absolute Gasteiger partial charge is 0.444 e. The first kappa shape index (κ1) is 20.1. The number of ether oxygens (including phenoxy) is 1. The zero-order valence-corrected chi connectivity index (χ0v) is 16.4. The van der Waals surface area contributed by atoms with Gasteiger partial charge in [-0.2, -0.15) is 0 Å². The van der Waals surface area contributed by atoms with Crippen LogP contribution in [-0.4, -0.2) is 43.8 Å². The van der Waals surface area contributed by atoms with E-state index >= 15 is 0 Å². The Bertz CT molecular complexity index is 604. The third kappa shape index (κ3) is 6.58. The molecule has 0 aromatic heterocycles. The van der Waals surface area contributed by atoms with E-state index in [1.807, 2.05) is 33.8 Å². The Kier molecular flexibility index (Phi) is 6.89. The quantitative estimate of drug-likeness (QED) is 0.397. The van der Waals surface area contributed by atoms with E-state index in [2.05, 4.69) is 40.2 Å². The Morgan fingerprint density at radius 1 is 1.12 bits per heavy atom. The number of carbonyl (C=O) groups excluding carboxylic acids is 1. The summed E-state index contributed by atoms with van der Waals surface area (Å²) in [4.78, 5) is 16.4. The van der Waals surface area contributed by atoms with Crippen molar-refractivity contribution in [2.75, 3.05) is 26.2 Å². The van der Waals surface area contributed by atoms with E-state index in [-0.39, 0.29) is 5.41 Å². The lowest BCUT2D eigenvalue weighted by molar-refractivity contribution is 0.0529. The highest BCUT2D eigenvalue weighted by Gasteiger charge is 2.43. The third-order valence-electron chi connectivity index (χ3n) is 4.21. The summed E-state index contributed by atoms with van der Waals surface area (Å²) in [6.07, 6.45) is 1.96. The van der Waals surface area contributed by atoms with Crippen LogP contribution in [0.15, 0.2) is 35.3 Å². The van der Waals surface area contributed by atoms with Crippen LogP contribution in [0.3, 0.4) is 0 Å². The number of hydrogen-bond donors (Lipinski definition) is 3. The van der Waals surface area contributed by atoms with E-state index in [4.69, 9.17) is 9.73 Å². The molecule has 144 valence electrons. The molecule has 0 aliphatic heterocycles. The lowest BCUT2D eigenvalue weighted by Gasteiger charge is -2.20. The smallest absolute Gasteiger partial charge is 0.407 e. The number of rotatable bonds is 7. The average molecular weight is 361 g/mol. The van der Waals surface area contributed by atoms with Gasteiger partial charge in [0.2, 0.25) is 0 Å². The Hall–Kier alpha value is -2.24. The highest BCUT2D eigenvalue weighted by Crippen LogP contribution is 2.48. The molecular formula is C20H32N4O2. The minimum atomic E-state index is -0.482. The molecule has 1 amide bonds. The number of carbonyl (C=O) groups is 1. The van der Waals surface area contributed by atoms with E-state index in [9.17, 15) is 4.79 Å².